The number of hydrogen-bond donors (Lipinski definition) is 2. The molecule has 1 atom stereocenters. The summed E-state index contributed by atoms with van der Waals surface area (Å²) in [6, 6.07) is 0.218. The Hall–Kier alpha value is -0.0800. The van der Waals surface area contributed by atoms with Crippen LogP contribution in [0.25, 0.3) is 0 Å². The first-order valence-electron chi connectivity index (χ1n) is 2.96. The van der Waals surface area contributed by atoms with Crippen LogP contribution in [-0.2, 0) is 0 Å². The average Bonchev–Trinajstić information content (AvgIpc) is 1.21. The topological polar surface area (TPSA) is 52.0 Å². The van der Waals surface area contributed by atoms with Gasteiger partial charge in [-0.2, -0.15) is 0 Å². The highest BCUT2D eigenvalue weighted by Gasteiger charge is 2.11. The van der Waals surface area contributed by atoms with Crippen LogP contribution < -0.4 is 11.5 Å². The molecule has 0 rings (SSSR count). The number of hydrogen-bond acceptors (Lipinski definition) is 2. The van der Waals surface area contributed by atoms with Crippen LogP contribution in [0.3, 0.4) is 0 Å². The molecule has 0 aliphatic heterocycles. The van der Waals surface area contributed by atoms with Crippen LogP contribution in [0.2, 0.25) is 0 Å². The summed E-state index contributed by atoms with van der Waals surface area (Å²) in [5.41, 5.74) is 11.1. The van der Waals surface area contributed by atoms with Gasteiger partial charge in [0.2, 0.25) is 0 Å². The fraction of sp³-hybridized carbons (Fsp3) is 1.00. The Labute approximate surface area is 51.2 Å². The van der Waals surface area contributed by atoms with Gasteiger partial charge in [-0.15, -0.1) is 0 Å². The van der Waals surface area contributed by atoms with Crippen molar-refractivity contribution < 1.29 is 0 Å². The minimum atomic E-state index is -0.103. The summed E-state index contributed by atoms with van der Waals surface area (Å²) in [6.07, 6.45) is 0.882. The summed E-state index contributed by atoms with van der Waals surface area (Å²) in [5.74, 6) is 0. The van der Waals surface area contributed by atoms with Crippen LogP contribution in [0.15, 0.2) is 0 Å². The second-order valence-corrected chi connectivity index (χ2v) is 3.17. The monoisotopic (exact) mass is 116 g/mol. The highest BCUT2D eigenvalue weighted by atomic mass is 14.7. The largest absolute Gasteiger partial charge is 0.328 e. The van der Waals surface area contributed by atoms with Gasteiger partial charge in [0.15, 0.2) is 0 Å². The molecule has 0 unspecified atom stereocenters. The molecule has 50 valence electrons. The van der Waals surface area contributed by atoms with Gasteiger partial charge >= 0.3 is 0 Å². The Bertz CT molecular complexity index is 61.4. The van der Waals surface area contributed by atoms with Crippen molar-refractivity contribution in [1.82, 2.24) is 0 Å². The molecule has 2 nitrogen and oxygen atoms in total. The molecule has 0 aromatic carbocycles. The van der Waals surface area contributed by atoms with Crippen LogP contribution in [0, 0.1) is 0 Å². The van der Waals surface area contributed by atoms with Gasteiger partial charge in [0.25, 0.3) is 0 Å². The molecule has 0 bridgehead atoms. The van der Waals surface area contributed by atoms with E-state index in [2.05, 4.69) is 0 Å². The zero-order valence-electron chi connectivity index (χ0n) is 5.94. The van der Waals surface area contributed by atoms with E-state index in [0.29, 0.717) is 0 Å². The van der Waals surface area contributed by atoms with Crippen LogP contribution in [0.4, 0.5) is 0 Å². The summed E-state index contributed by atoms with van der Waals surface area (Å²) in [7, 11) is 0. The van der Waals surface area contributed by atoms with E-state index in [-0.39, 0.29) is 11.6 Å². The lowest BCUT2D eigenvalue weighted by Crippen LogP contribution is -2.38. The van der Waals surface area contributed by atoms with Gasteiger partial charge in [0, 0.05) is 11.6 Å². The maximum Gasteiger partial charge on any atom is 0.0112 e. The molecule has 0 fully saturated rings. The maximum absolute atomic E-state index is 5.66. The third-order valence-electron chi connectivity index (χ3n) is 0.848. The minimum Gasteiger partial charge on any atom is -0.328 e. The Morgan fingerprint density at radius 2 is 1.88 bits per heavy atom. The van der Waals surface area contributed by atoms with Gasteiger partial charge in [-0.25, -0.2) is 0 Å². The molecule has 0 aliphatic rings. The molecular weight excluding hydrogens is 100 g/mol. The molecule has 0 spiro atoms. The lowest BCUT2D eigenvalue weighted by molar-refractivity contribution is 0.436. The summed E-state index contributed by atoms with van der Waals surface area (Å²) in [5, 5.41) is 0. The van der Waals surface area contributed by atoms with E-state index in [0.717, 1.165) is 6.42 Å². The Balaban J connectivity index is 3.39. The van der Waals surface area contributed by atoms with E-state index in [9.17, 15) is 0 Å². The van der Waals surface area contributed by atoms with E-state index in [1.54, 1.807) is 0 Å². The van der Waals surface area contributed by atoms with Crippen LogP contribution >= 0.6 is 0 Å². The third kappa shape index (κ3) is 5.92. The molecule has 0 aliphatic carbocycles. The second-order valence-electron chi connectivity index (χ2n) is 3.17. The molecule has 0 saturated heterocycles. The summed E-state index contributed by atoms with van der Waals surface area (Å²) in [4.78, 5) is 0. The zero-order valence-corrected chi connectivity index (χ0v) is 5.94. The van der Waals surface area contributed by atoms with Gasteiger partial charge in [-0.05, 0) is 27.2 Å². The summed E-state index contributed by atoms with van der Waals surface area (Å²) < 4.78 is 0. The summed E-state index contributed by atoms with van der Waals surface area (Å²) in [6.45, 7) is 5.93. The van der Waals surface area contributed by atoms with Crippen LogP contribution in [0.5, 0.6) is 0 Å². The molecule has 2 heteroatoms. The van der Waals surface area contributed by atoms with Crippen LogP contribution in [-0.4, -0.2) is 11.6 Å². The van der Waals surface area contributed by atoms with Crippen molar-refractivity contribution in [3.63, 3.8) is 0 Å². The standard InChI is InChI=1S/C6H16N2/c1-5(7)4-6(2,3)8/h5H,4,7-8H2,1-3H3/t5-/m1/s1. The first kappa shape index (κ1) is 7.92. The number of nitrogens with two attached hydrogens (primary N) is 2. The molecule has 0 heterocycles. The fourth-order valence-corrected chi connectivity index (χ4v) is 0.830. The maximum atomic E-state index is 5.66. The highest BCUT2D eigenvalue weighted by molar-refractivity contribution is 4.75. The van der Waals surface area contributed by atoms with Crippen molar-refractivity contribution in [2.75, 3.05) is 0 Å². The minimum absolute atomic E-state index is 0.103. The predicted octanol–water partition coefficient (Wildman–Crippen LogP) is 0.461. The van der Waals surface area contributed by atoms with Crippen molar-refractivity contribution in [1.29, 1.82) is 0 Å². The molecule has 0 radical (unpaired) electrons. The van der Waals surface area contributed by atoms with E-state index < -0.39 is 0 Å². The Morgan fingerprint density at radius 3 is 1.88 bits per heavy atom. The van der Waals surface area contributed by atoms with Gasteiger partial charge in [0.05, 0.1) is 0 Å². The van der Waals surface area contributed by atoms with Crippen molar-refractivity contribution in [2.45, 2.75) is 38.8 Å². The van der Waals surface area contributed by atoms with Crippen molar-refractivity contribution in [2.24, 2.45) is 11.5 Å². The van der Waals surface area contributed by atoms with Gasteiger partial charge in [-0.3, -0.25) is 0 Å². The fourth-order valence-electron chi connectivity index (χ4n) is 0.830. The van der Waals surface area contributed by atoms with Crippen LogP contribution in [0.1, 0.15) is 27.2 Å². The van der Waals surface area contributed by atoms with Gasteiger partial charge < -0.3 is 11.5 Å². The Kier molecular flexibility index (Phi) is 2.44. The normalized spacial score (nSPS) is 16.1. The quantitative estimate of drug-likeness (QED) is 0.550. The number of rotatable bonds is 2. The molecule has 0 amide bonds. The smallest absolute Gasteiger partial charge is 0.0112 e. The van der Waals surface area contributed by atoms with E-state index in [1.807, 2.05) is 20.8 Å². The zero-order chi connectivity index (χ0) is 6.78. The lowest BCUT2D eigenvalue weighted by atomic mass is 9.98. The van der Waals surface area contributed by atoms with Gasteiger partial charge in [0.1, 0.15) is 0 Å². The third-order valence-corrected chi connectivity index (χ3v) is 0.848. The first-order chi connectivity index (χ1) is 3.42. The van der Waals surface area contributed by atoms with Crippen molar-refractivity contribution in [3.05, 3.63) is 0 Å². The highest BCUT2D eigenvalue weighted by Crippen LogP contribution is 2.04. The second kappa shape index (κ2) is 2.46. The predicted molar refractivity (Wildman–Crippen MR) is 36.5 cm³/mol. The van der Waals surface area contributed by atoms with Gasteiger partial charge in [-0.1, -0.05) is 0 Å². The SMILES string of the molecule is C[C@@H](N)CC(C)(C)N. The molecule has 0 aromatic heterocycles. The van der Waals surface area contributed by atoms with E-state index in [4.69, 9.17) is 11.5 Å². The van der Waals surface area contributed by atoms with E-state index >= 15 is 0 Å². The lowest BCUT2D eigenvalue weighted by Gasteiger charge is -2.20. The van der Waals surface area contributed by atoms with Crippen molar-refractivity contribution >= 4 is 0 Å². The molecule has 8 heavy (non-hydrogen) atoms. The van der Waals surface area contributed by atoms with Crippen molar-refractivity contribution in [3.8, 4) is 0 Å². The molecule has 0 saturated carbocycles. The summed E-state index contributed by atoms with van der Waals surface area (Å²) >= 11 is 0. The Morgan fingerprint density at radius 1 is 1.50 bits per heavy atom. The first-order valence-corrected chi connectivity index (χ1v) is 2.96. The molecule has 0 aromatic rings. The van der Waals surface area contributed by atoms with E-state index in [1.165, 1.54) is 0 Å². The molecule has 4 N–H and O–H groups in total. The molecular formula is C6H16N2. The average molecular weight is 116 g/mol.